The van der Waals surface area contributed by atoms with Crippen molar-refractivity contribution in [1.29, 1.82) is 0 Å². The Balaban J connectivity index is 2.09. The number of aromatic nitrogens is 2. The van der Waals surface area contributed by atoms with Crippen LogP contribution in [0.5, 0.6) is 0 Å². The lowest BCUT2D eigenvalue weighted by molar-refractivity contribution is -0.384. The van der Waals surface area contributed by atoms with Crippen molar-refractivity contribution in [3.63, 3.8) is 0 Å². The number of benzene rings is 1. The number of amides is 1. The first kappa shape index (κ1) is 17.7. The van der Waals surface area contributed by atoms with Crippen LogP contribution in [0.2, 0.25) is 0 Å². The number of nitro groups is 1. The van der Waals surface area contributed by atoms with E-state index >= 15 is 0 Å². The third-order valence-corrected chi connectivity index (χ3v) is 3.74. The standard InChI is InChI=1S/C17H22N4O3/c1-17(2,3)16(13-10-18-20(4)11-13)19-15(22)9-12-5-7-14(8-6-12)21(23)24/h5-8,10-11,16H,9H2,1-4H3,(H,19,22)/t16-/m1/s1. The monoisotopic (exact) mass is 330 g/mol. The van der Waals surface area contributed by atoms with Gasteiger partial charge in [-0.25, -0.2) is 0 Å². The average Bonchev–Trinajstić information content (AvgIpc) is 2.90. The molecule has 0 radical (unpaired) electrons. The van der Waals surface area contributed by atoms with Gasteiger partial charge in [-0.3, -0.25) is 19.6 Å². The minimum absolute atomic E-state index is 0.0158. The molecule has 2 aromatic rings. The Morgan fingerprint density at radius 3 is 2.42 bits per heavy atom. The topological polar surface area (TPSA) is 90.1 Å². The van der Waals surface area contributed by atoms with Gasteiger partial charge in [0, 0.05) is 30.9 Å². The summed E-state index contributed by atoms with van der Waals surface area (Å²) in [5, 5.41) is 17.9. The van der Waals surface area contributed by atoms with E-state index in [1.807, 2.05) is 13.2 Å². The molecule has 0 saturated heterocycles. The fourth-order valence-electron chi connectivity index (χ4n) is 2.52. The number of nitro benzene ring substituents is 1. The molecule has 0 saturated carbocycles. The Hall–Kier alpha value is -2.70. The molecule has 0 bridgehead atoms. The van der Waals surface area contributed by atoms with Crippen molar-refractivity contribution in [3.8, 4) is 0 Å². The molecule has 2 rings (SSSR count). The molecule has 7 heteroatoms. The molecule has 1 heterocycles. The number of non-ortho nitro benzene ring substituents is 1. The molecule has 1 aromatic heterocycles. The molecular formula is C17H22N4O3. The normalized spacial score (nSPS) is 12.7. The number of nitrogens with one attached hydrogen (secondary N) is 1. The number of rotatable bonds is 5. The number of hydrogen-bond acceptors (Lipinski definition) is 4. The van der Waals surface area contributed by atoms with Crippen molar-refractivity contribution in [1.82, 2.24) is 15.1 Å². The van der Waals surface area contributed by atoms with Crippen molar-refractivity contribution >= 4 is 11.6 Å². The smallest absolute Gasteiger partial charge is 0.269 e. The van der Waals surface area contributed by atoms with E-state index in [1.165, 1.54) is 12.1 Å². The van der Waals surface area contributed by atoms with E-state index in [9.17, 15) is 14.9 Å². The Kier molecular flexibility index (Phi) is 5.02. The maximum Gasteiger partial charge on any atom is 0.269 e. The molecule has 0 fully saturated rings. The second-order valence-corrected chi connectivity index (χ2v) is 6.91. The van der Waals surface area contributed by atoms with Crippen LogP contribution in [0.3, 0.4) is 0 Å². The summed E-state index contributed by atoms with van der Waals surface area (Å²) >= 11 is 0. The molecule has 1 N–H and O–H groups in total. The van der Waals surface area contributed by atoms with Crippen molar-refractivity contribution < 1.29 is 9.72 Å². The predicted molar refractivity (Wildman–Crippen MR) is 90.3 cm³/mol. The summed E-state index contributed by atoms with van der Waals surface area (Å²) < 4.78 is 1.70. The molecule has 0 aliphatic heterocycles. The highest BCUT2D eigenvalue weighted by Gasteiger charge is 2.28. The number of carbonyl (C=O) groups excluding carboxylic acids is 1. The molecule has 0 aliphatic rings. The molecular weight excluding hydrogens is 308 g/mol. The van der Waals surface area contributed by atoms with Gasteiger partial charge in [-0.05, 0) is 11.0 Å². The van der Waals surface area contributed by atoms with E-state index in [1.54, 1.807) is 23.0 Å². The SMILES string of the molecule is Cn1cc([C@@H](NC(=O)Cc2ccc([N+](=O)[O-])cc2)C(C)(C)C)cn1. The van der Waals surface area contributed by atoms with Crippen molar-refractivity contribution in [2.45, 2.75) is 33.2 Å². The maximum absolute atomic E-state index is 12.4. The lowest BCUT2D eigenvalue weighted by atomic mass is 9.83. The zero-order valence-corrected chi connectivity index (χ0v) is 14.3. The molecule has 24 heavy (non-hydrogen) atoms. The van der Waals surface area contributed by atoms with Crippen LogP contribution in [0.15, 0.2) is 36.7 Å². The predicted octanol–water partition coefficient (Wildman–Crippen LogP) is 2.77. The van der Waals surface area contributed by atoms with Gasteiger partial charge >= 0.3 is 0 Å². The van der Waals surface area contributed by atoms with E-state index in [4.69, 9.17) is 0 Å². The summed E-state index contributed by atoms with van der Waals surface area (Å²) in [6, 6.07) is 5.86. The summed E-state index contributed by atoms with van der Waals surface area (Å²) in [6.45, 7) is 6.16. The number of nitrogens with zero attached hydrogens (tertiary/aromatic N) is 3. The maximum atomic E-state index is 12.4. The number of aryl methyl sites for hydroxylation is 1. The van der Waals surface area contributed by atoms with Gasteiger partial charge in [-0.15, -0.1) is 0 Å². The summed E-state index contributed by atoms with van der Waals surface area (Å²) in [7, 11) is 1.84. The van der Waals surface area contributed by atoms with E-state index < -0.39 is 4.92 Å². The minimum Gasteiger partial charge on any atom is -0.348 e. The lowest BCUT2D eigenvalue weighted by Gasteiger charge is -2.30. The zero-order chi connectivity index (χ0) is 17.9. The van der Waals surface area contributed by atoms with Crippen LogP contribution in [0.25, 0.3) is 0 Å². The van der Waals surface area contributed by atoms with Crippen molar-refractivity contribution in [2.75, 3.05) is 0 Å². The molecule has 1 atom stereocenters. The number of hydrogen-bond donors (Lipinski definition) is 1. The van der Waals surface area contributed by atoms with Gasteiger partial charge in [0.1, 0.15) is 0 Å². The molecule has 1 amide bonds. The first-order valence-corrected chi connectivity index (χ1v) is 7.68. The van der Waals surface area contributed by atoms with Crippen molar-refractivity contribution in [2.24, 2.45) is 12.5 Å². The first-order valence-electron chi connectivity index (χ1n) is 7.68. The average molecular weight is 330 g/mol. The van der Waals surface area contributed by atoms with Gasteiger partial charge in [0.15, 0.2) is 0 Å². The van der Waals surface area contributed by atoms with Crippen LogP contribution in [0, 0.1) is 15.5 Å². The van der Waals surface area contributed by atoms with Gasteiger partial charge in [0.25, 0.3) is 5.69 Å². The summed E-state index contributed by atoms with van der Waals surface area (Å²) in [4.78, 5) is 22.6. The first-order chi connectivity index (χ1) is 11.2. The van der Waals surface area contributed by atoms with E-state index in [2.05, 4.69) is 31.2 Å². The zero-order valence-electron chi connectivity index (χ0n) is 14.3. The van der Waals surface area contributed by atoms with Crippen LogP contribution < -0.4 is 5.32 Å². The quantitative estimate of drug-likeness (QED) is 0.674. The third-order valence-electron chi connectivity index (χ3n) is 3.74. The van der Waals surface area contributed by atoms with Crippen LogP contribution >= 0.6 is 0 Å². The Morgan fingerprint density at radius 1 is 1.33 bits per heavy atom. The third kappa shape index (κ3) is 4.41. The lowest BCUT2D eigenvalue weighted by Crippen LogP contribution is -2.37. The highest BCUT2D eigenvalue weighted by molar-refractivity contribution is 5.79. The molecule has 0 aliphatic carbocycles. The minimum atomic E-state index is -0.456. The van der Waals surface area contributed by atoms with Crippen LogP contribution in [-0.2, 0) is 18.3 Å². The molecule has 0 spiro atoms. The van der Waals surface area contributed by atoms with Gasteiger partial charge in [0.2, 0.25) is 5.91 Å². The van der Waals surface area contributed by atoms with E-state index in [0.717, 1.165) is 11.1 Å². The van der Waals surface area contributed by atoms with Gasteiger partial charge in [-0.2, -0.15) is 5.10 Å². The molecule has 0 unspecified atom stereocenters. The van der Waals surface area contributed by atoms with Crippen LogP contribution in [0.4, 0.5) is 5.69 Å². The highest BCUT2D eigenvalue weighted by Crippen LogP contribution is 2.32. The number of carbonyl (C=O) groups is 1. The van der Waals surface area contributed by atoms with E-state index in [0.29, 0.717) is 0 Å². The van der Waals surface area contributed by atoms with Gasteiger partial charge in [0.05, 0.1) is 23.6 Å². The second-order valence-electron chi connectivity index (χ2n) is 6.91. The largest absolute Gasteiger partial charge is 0.348 e. The summed E-state index contributed by atoms with van der Waals surface area (Å²) in [5.74, 6) is -0.132. The van der Waals surface area contributed by atoms with Gasteiger partial charge < -0.3 is 5.32 Å². The Labute approximate surface area is 140 Å². The highest BCUT2D eigenvalue weighted by atomic mass is 16.6. The van der Waals surface area contributed by atoms with Gasteiger partial charge in [-0.1, -0.05) is 32.9 Å². The molecule has 1 aromatic carbocycles. The van der Waals surface area contributed by atoms with Crippen molar-refractivity contribution in [3.05, 3.63) is 57.9 Å². The summed E-state index contributed by atoms with van der Waals surface area (Å²) in [6.07, 6.45) is 3.81. The fourth-order valence-corrected chi connectivity index (χ4v) is 2.52. The Morgan fingerprint density at radius 2 is 1.96 bits per heavy atom. The molecule has 7 nitrogen and oxygen atoms in total. The van der Waals surface area contributed by atoms with Crippen LogP contribution in [-0.4, -0.2) is 20.6 Å². The molecule has 128 valence electrons. The Bertz CT molecular complexity index is 729. The second kappa shape index (κ2) is 6.82. The van der Waals surface area contributed by atoms with E-state index in [-0.39, 0.29) is 29.5 Å². The summed E-state index contributed by atoms with van der Waals surface area (Å²) in [5.41, 5.74) is 1.52. The fraction of sp³-hybridized carbons (Fsp3) is 0.412. The van der Waals surface area contributed by atoms with Crippen LogP contribution in [0.1, 0.15) is 37.9 Å².